The van der Waals surface area contributed by atoms with Gasteiger partial charge in [-0.15, -0.1) is 6.58 Å². The zero-order chi connectivity index (χ0) is 12.4. The molecule has 16 heavy (non-hydrogen) atoms. The maximum atomic E-state index is 11.6. The molecule has 1 nitrogen and oxygen atoms in total. The number of allylic oxidation sites excluding steroid dienone is 4. The molecule has 0 fully saturated rings. The van der Waals surface area contributed by atoms with Crippen molar-refractivity contribution in [3.05, 3.63) is 37.0 Å². The van der Waals surface area contributed by atoms with Gasteiger partial charge in [0, 0.05) is 5.92 Å². The van der Waals surface area contributed by atoms with Gasteiger partial charge in [0.2, 0.25) is 0 Å². The molecule has 0 amide bonds. The highest BCUT2D eigenvalue weighted by molar-refractivity contribution is 4.95. The van der Waals surface area contributed by atoms with Crippen molar-refractivity contribution >= 4 is 0 Å². The molecule has 1 unspecified atom stereocenters. The molecule has 0 saturated carbocycles. The summed E-state index contributed by atoms with van der Waals surface area (Å²) < 4.78 is 0. The predicted octanol–water partition coefficient (Wildman–Crippen LogP) is 4.69. The van der Waals surface area contributed by atoms with Crippen LogP contribution >= 0.6 is 0 Å². The van der Waals surface area contributed by atoms with Gasteiger partial charge in [-0.1, -0.05) is 37.3 Å². The fraction of sp³-hybridized carbons (Fsp3) is 0.600. The van der Waals surface area contributed by atoms with Crippen molar-refractivity contribution in [3.63, 3.8) is 0 Å². The van der Waals surface area contributed by atoms with Gasteiger partial charge < -0.3 is 0 Å². The maximum absolute atomic E-state index is 11.6. The van der Waals surface area contributed by atoms with Crippen LogP contribution in [0.3, 0.4) is 0 Å². The van der Waals surface area contributed by atoms with Gasteiger partial charge >= 0.3 is 0 Å². The maximum Gasteiger partial charge on any atom is 0.104 e. The quantitative estimate of drug-likeness (QED) is 0.418. The molecule has 0 aliphatic rings. The van der Waals surface area contributed by atoms with Gasteiger partial charge in [0.1, 0.15) is 5.60 Å². The lowest BCUT2D eigenvalue weighted by molar-refractivity contribution is -0.0257. The number of hydrogen-bond acceptors (Lipinski definition) is 0. The van der Waals surface area contributed by atoms with Crippen molar-refractivity contribution in [2.24, 2.45) is 5.92 Å². The van der Waals surface area contributed by atoms with Crippen molar-refractivity contribution in [1.82, 2.24) is 0 Å². The van der Waals surface area contributed by atoms with E-state index in [1.165, 1.54) is 0 Å². The molecule has 1 heteroatoms. The molecule has 0 aromatic rings. The lowest BCUT2D eigenvalue weighted by atomic mass is 9.92. The van der Waals surface area contributed by atoms with Gasteiger partial charge in [0.15, 0.2) is 0 Å². The van der Waals surface area contributed by atoms with Crippen LogP contribution in [0.25, 0.3) is 0 Å². The molecule has 0 aliphatic carbocycles. The third-order valence-electron chi connectivity index (χ3n) is 2.73. The van der Waals surface area contributed by atoms with Crippen LogP contribution in [0.2, 0.25) is 0 Å². The van der Waals surface area contributed by atoms with Gasteiger partial charge in [-0.2, -0.15) is 0 Å². The van der Waals surface area contributed by atoms with Crippen LogP contribution in [0.1, 0.15) is 46.5 Å². The lowest BCUT2D eigenvalue weighted by Crippen LogP contribution is -2.25. The van der Waals surface area contributed by atoms with Crippen LogP contribution in [0.15, 0.2) is 37.0 Å². The summed E-state index contributed by atoms with van der Waals surface area (Å²) in [6, 6.07) is 0. The van der Waals surface area contributed by atoms with E-state index >= 15 is 0 Å². The Balaban J connectivity index is 3.62. The summed E-state index contributed by atoms with van der Waals surface area (Å²) in [5, 5.41) is 11.6. The predicted molar refractivity (Wildman–Crippen MR) is 70.9 cm³/mol. The summed E-state index contributed by atoms with van der Waals surface area (Å²) in [7, 11) is 0. The smallest absolute Gasteiger partial charge is 0.104 e. The van der Waals surface area contributed by atoms with Gasteiger partial charge in [-0.3, -0.25) is 0 Å². The van der Waals surface area contributed by atoms with Crippen LogP contribution in [-0.4, -0.2) is 5.60 Å². The van der Waals surface area contributed by atoms with Crippen LogP contribution in [0.4, 0.5) is 0 Å². The monoisotopic (exact) mass is 221 g/mol. The molecule has 0 N–H and O–H groups in total. The SMILES string of the molecule is C=CCC/C=C/CC/C=C/C(C)C(C)(C)[O]. The fourth-order valence-corrected chi connectivity index (χ4v) is 1.17. The van der Waals surface area contributed by atoms with E-state index in [4.69, 9.17) is 0 Å². The summed E-state index contributed by atoms with van der Waals surface area (Å²) in [5.41, 5.74) is -0.865. The van der Waals surface area contributed by atoms with E-state index in [1.54, 1.807) is 13.8 Å². The Bertz CT molecular complexity index is 230. The molecular formula is C15H25O. The van der Waals surface area contributed by atoms with E-state index < -0.39 is 5.60 Å². The topological polar surface area (TPSA) is 19.9 Å². The molecule has 0 saturated heterocycles. The first kappa shape index (κ1) is 15.2. The second kappa shape index (κ2) is 8.35. The van der Waals surface area contributed by atoms with E-state index in [0.717, 1.165) is 25.7 Å². The Morgan fingerprint density at radius 3 is 2.06 bits per heavy atom. The number of hydrogen-bond donors (Lipinski definition) is 0. The molecular weight excluding hydrogens is 196 g/mol. The Labute approximate surface area is 101 Å². The molecule has 0 spiro atoms. The summed E-state index contributed by atoms with van der Waals surface area (Å²) in [4.78, 5) is 0. The van der Waals surface area contributed by atoms with Gasteiger partial charge in [0.25, 0.3) is 0 Å². The van der Waals surface area contributed by atoms with Gasteiger partial charge in [-0.05, 0) is 39.5 Å². The van der Waals surface area contributed by atoms with E-state index in [-0.39, 0.29) is 5.92 Å². The highest BCUT2D eigenvalue weighted by atomic mass is 16.3. The van der Waals surface area contributed by atoms with Gasteiger partial charge in [-0.25, -0.2) is 5.11 Å². The lowest BCUT2D eigenvalue weighted by Gasteiger charge is -2.19. The molecule has 1 radical (unpaired) electrons. The minimum atomic E-state index is -0.865. The first-order chi connectivity index (χ1) is 7.48. The average molecular weight is 221 g/mol. The summed E-state index contributed by atoms with van der Waals surface area (Å²) in [6.45, 7) is 9.12. The van der Waals surface area contributed by atoms with Crippen molar-refractivity contribution in [1.29, 1.82) is 0 Å². The fourth-order valence-electron chi connectivity index (χ4n) is 1.17. The van der Waals surface area contributed by atoms with E-state index in [9.17, 15) is 5.11 Å². The average Bonchev–Trinajstić information content (AvgIpc) is 2.20. The molecule has 1 atom stereocenters. The third-order valence-corrected chi connectivity index (χ3v) is 2.73. The van der Waals surface area contributed by atoms with Crippen molar-refractivity contribution < 1.29 is 5.11 Å². The van der Waals surface area contributed by atoms with E-state index in [0.29, 0.717) is 0 Å². The minimum Gasteiger partial charge on any atom is -0.229 e. The van der Waals surface area contributed by atoms with Crippen LogP contribution in [0, 0.1) is 5.92 Å². The molecule has 0 rings (SSSR count). The Morgan fingerprint density at radius 2 is 1.56 bits per heavy atom. The van der Waals surface area contributed by atoms with Crippen LogP contribution in [-0.2, 0) is 5.11 Å². The first-order valence-electron chi connectivity index (χ1n) is 6.11. The number of rotatable bonds is 8. The zero-order valence-corrected chi connectivity index (χ0v) is 10.9. The number of unbranched alkanes of at least 4 members (excludes halogenated alkanes) is 2. The Morgan fingerprint density at radius 1 is 1.06 bits per heavy atom. The van der Waals surface area contributed by atoms with E-state index in [1.807, 2.05) is 19.1 Å². The summed E-state index contributed by atoms with van der Waals surface area (Å²) >= 11 is 0. The zero-order valence-electron chi connectivity index (χ0n) is 10.9. The van der Waals surface area contributed by atoms with Crippen LogP contribution < -0.4 is 0 Å². The first-order valence-corrected chi connectivity index (χ1v) is 6.11. The second-order valence-electron chi connectivity index (χ2n) is 4.74. The normalized spacial score (nSPS) is 14.8. The standard InChI is InChI=1S/C15H25O/c1-5-6-7-8-9-10-11-12-13-14(2)15(3,4)16/h5,8-9,12-14H,1,6-7,10-11H2,2-4H3/b9-8+,13-12+. The molecule has 0 aromatic heterocycles. The van der Waals surface area contributed by atoms with E-state index in [2.05, 4.69) is 24.8 Å². The molecule has 0 heterocycles. The van der Waals surface area contributed by atoms with Crippen molar-refractivity contribution in [3.8, 4) is 0 Å². The highest BCUT2D eigenvalue weighted by Crippen LogP contribution is 2.17. The molecule has 0 aromatic carbocycles. The largest absolute Gasteiger partial charge is 0.229 e. The van der Waals surface area contributed by atoms with Crippen molar-refractivity contribution in [2.45, 2.75) is 52.1 Å². The minimum absolute atomic E-state index is 0.0947. The third kappa shape index (κ3) is 8.49. The Kier molecular flexibility index (Phi) is 7.92. The van der Waals surface area contributed by atoms with Crippen molar-refractivity contribution in [2.75, 3.05) is 0 Å². The summed E-state index contributed by atoms with van der Waals surface area (Å²) in [6.07, 6.45) is 14.7. The van der Waals surface area contributed by atoms with Gasteiger partial charge in [0.05, 0.1) is 0 Å². The molecule has 91 valence electrons. The summed E-state index contributed by atoms with van der Waals surface area (Å²) in [5.74, 6) is 0.0947. The Hall–Kier alpha value is -0.820. The molecule has 0 bridgehead atoms. The van der Waals surface area contributed by atoms with Crippen LogP contribution in [0.5, 0.6) is 0 Å². The highest BCUT2D eigenvalue weighted by Gasteiger charge is 2.21. The molecule has 0 aliphatic heterocycles. The second-order valence-corrected chi connectivity index (χ2v) is 4.74.